The minimum absolute atomic E-state index is 0.348. The Balaban J connectivity index is 1.65. The number of nitrogens with zero attached hydrogens (tertiary/aromatic N) is 1. The van der Waals surface area contributed by atoms with Crippen LogP contribution in [0.2, 0.25) is 0 Å². The molecule has 1 aliphatic rings. The summed E-state index contributed by atoms with van der Waals surface area (Å²) in [6.45, 7) is 1.40. The Hall–Kier alpha value is -1.66. The van der Waals surface area contributed by atoms with Crippen molar-refractivity contribution < 1.29 is 9.53 Å². The molecule has 0 spiro atoms. The Bertz CT molecular complexity index is 459. The molecule has 1 amide bonds. The molecule has 1 aliphatic carbocycles. The van der Waals surface area contributed by atoms with Crippen molar-refractivity contribution in [2.45, 2.75) is 44.2 Å². The van der Waals surface area contributed by atoms with E-state index in [1.807, 2.05) is 0 Å². The molecule has 0 unspecified atom stereocenters. The van der Waals surface area contributed by atoms with Gasteiger partial charge in [0, 0.05) is 25.4 Å². The van der Waals surface area contributed by atoms with E-state index in [4.69, 9.17) is 16.2 Å². The third-order valence-corrected chi connectivity index (χ3v) is 3.76. The summed E-state index contributed by atoms with van der Waals surface area (Å²) >= 11 is 0. The molecule has 1 aromatic heterocycles. The highest BCUT2D eigenvalue weighted by Gasteiger charge is 2.18. The zero-order valence-corrected chi connectivity index (χ0v) is 12.3. The average Bonchev–Trinajstić information content (AvgIpc) is 2.49. The molecule has 0 aromatic carbocycles. The number of anilines is 1. The van der Waals surface area contributed by atoms with Crippen molar-refractivity contribution in [3.05, 3.63) is 23.9 Å². The van der Waals surface area contributed by atoms with Gasteiger partial charge in [0.1, 0.15) is 5.82 Å². The molecule has 1 aromatic rings. The molecule has 2 rings (SSSR count). The molecular weight excluding hydrogens is 268 g/mol. The molecule has 1 fully saturated rings. The smallest absolute Gasteiger partial charge is 0.252 e. The first-order valence-corrected chi connectivity index (χ1v) is 7.52. The summed E-state index contributed by atoms with van der Waals surface area (Å²) in [6.07, 6.45) is 7.06. The molecule has 0 radical (unpaired) electrons. The maximum Gasteiger partial charge on any atom is 0.252 e. The van der Waals surface area contributed by atoms with Gasteiger partial charge in [-0.3, -0.25) is 4.79 Å². The summed E-state index contributed by atoms with van der Waals surface area (Å²) in [6, 6.07) is 3.71. The third kappa shape index (κ3) is 4.99. The van der Waals surface area contributed by atoms with Crippen molar-refractivity contribution in [2.75, 3.05) is 18.5 Å². The van der Waals surface area contributed by atoms with Crippen LogP contribution < -0.4 is 16.8 Å². The van der Waals surface area contributed by atoms with E-state index in [1.165, 1.54) is 0 Å². The lowest BCUT2D eigenvalue weighted by atomic mass is 9.94. The molecule has 6 nitrogen and oxygen atoms in total. The van der Waals surface area contributed by atoms with Gasteiger partial charge in [-0.05, 0) is 44.2 Å². The van der Waals surface area contributed by atoms with Crippen LogP contribution in [0.25, 0.3) is 0 Å². The average molecular weight is 292 g/mol. The Labute approximate surface area is 125 Å². The van der Waals surface area contributed by atoms with Crippen LogP contribution in [0.1, 0.15) is 42.5 Å². The second-order valence-corrected chi connectivity index (χ2v) is 5.45. The first-order valence-electron chi connectivity index (χ1n) is 7.52. The first-order chi connectivity index (χ1) is 10.2. The summed E-state index contributed by atoms with van der Waals surface area (Å²) < 4.78 is 5.84. The second-order valence-electron chi connectivity index (χ2n) is 5.45. The molecule has 0 atom stereocenters. The van der Waals surface area contributed by atoms with E-state index in [1.54, 1.807) is 18.3 Å². The molecule has 0 bridgehead atoms. The summed E-state index contributed by atoms with van der Waals surface area (Å²) in [5.41, 5.74) is 11.6. The van der Waals surface area contributed by atoms with E-state index in [2.05, 4.69) is 10.3 Å². The minimum Gasteiger partial charge on any atom is -0.378 e. The number of ether oxygens (including phenoxy) is 1. The largest absolute Gasteiger partial charge is 0.378 e. The van der Waals surface area contributed by atoms with E-state index < -0.39 is 5.91 Å². The van der Waals surface area contributed by atoms with Gasteiger partial charge >= 0.3 is 0 Å². The van der Waals surface area contributed by atoms with Crippen LogP contribution in [0.15, 0.2) is 18.3 Å². The molecule has 1 heterocycles. The van der Waals surface area contributed by atoms with Gasteiger partial charge in [0.05, 0.1) is 11.7 Å². The first kappa shape index (κ1) is 15.7. The topological polar surface area (TPSA) is 103 Å². The van der Waals surface area contributed by atoms with Crippen molar-refractivity contribution in [3.63, 3.8) is 0 Å². The van der Waals surface area contributed by atoms with Gasteiger partial charge < -0.3 is 21.5 Å². The highest BCUT2D eigenvalue weighted by molar-refractivity contribution is 5.97. The molecule has 0 saturated heterocycles. The Kier molecular flexibility index (Phi) is 5.95. The van der Waals surface area contributed by atoms with Crippen LogP contribution in [0.5, 0.6) is 0 Å². The predicted octanol–water partition coefficient (Wildman–Crippen LogP) is 1.27. The summed E-state index contributed by atoms with van der Waals surface area (Å²) in [5.74, 6) is 0.0639. The Morgan fingerprint density at radius 1 is 1.38 bits per heavy atom. The van der Waals surface area contributed by atoms with E-state index in [9.17, 15) is 4.79 Å². The molecular formula is C15H24N4O2. The summed E-state index contributed by atoms with van der Waals surface area (Å²) in [5, 5.41) is 3.13. The summed E-state index contributed by atoms with van der Waals surface area (Å²) in [7, 11) is 0. The number of rotatable bonds is 7. The van der Waals surface area contributed by atoms with E-state index in [0.717, 1.165) is 32.1 Å². The maximum atomic E-state index is 11.3. The fourth-order valence-electron chi connectivity index (χ4n) is 2.53. The van der Waals surface area contributed by atoms with Crippen molar-refractivity contribution in [1.29, 1.82) is 0 Å². The zero-order valence-electron chi connectivity index (χ0n) is 12.3. The number of nitrogens with one attached hydrogen (secondary N) is 1. The van der Waals surface area contributed by atoms with Crippen LogP contribution in [-0.4, -0.2) is 36.2 Å². The van der Waals surface area contributed by atoms with Gasteiger partial charge in [-0.25, -0.2) is 4.98 Å². The highest BCUT2D eigenvalue weighted by Crippen LogP contribution is 2.19. The van der Waals surface area contributed by atoms with Gasteiger partial charge in [-0.2, -0.15) is 0 Å². The van der Waals surface area contributed by atoms with Crippen LogP contribution in [-0.2, 0) is 4.74 Å². The number of pyridine rings is 1. The number of nitrogens with two attached hydrogens (primary N) is 2. The molecule has 0 aliphatic heterocycles. The number of carbonyl (C=O) groups is 1. The van der Waals surface area contributed by atoms with Crippen LogP contribution in [0.4, 0.5) is 5.82 Å². The zero-order chi connectivity index (χ0) is 15.1. The number of hydrogen-bond acceptors (Lipinski definition) is 5. The molecule has 6 heteroatoms. The lowest BCUT2D eigenvalue weighted by Crippen LogP contribution is -2.30. The Morgan fingerprint density at radius 3 is 2.86 bits per heavy atom. The monoisotopic (exact) mass is 292 g/mol. The van der Waals surface area contributed by atoms with Crippen LogP contribution >= 0.6 is 0 Å². The molecule has 1 saturated carbocycles. The van der Waals surface area contributed by atoms with Crippen LogP contribution in [0, 0.1) is 0 Å². The molecule has 116 valence electrons. The SMILES string of the molecule is NC(=O)c1cccnc1NCCCOC1CCC(N)CC1. The fraction of sp³-hybridized carbons (Fsp3) is 0.600. The predicted molar refractivity (Wildman–Crippen MR) is 82.0 cm³/mol. The third-order valence-electron chi connectivity index (χ3n) is 3.76. The summed E-state index contributed by atoms with van der Waals surface area (Å²) in [4.78, 5) is 15.4. The fourth-order valence-corrected chi connectivity index (χ4v) is 2.53. The molecule has 5 N–H and O–H groups in total. The van der Waals surface area contributed by atoms with Gasteiger partial charge in [-0.15, -0.1) is 0 Å². The standard InChI is InChI=1S/C15H24N4O2/c16-11-4-6-12(7-5-11)21-10-2-9-19-15-13(14(17)20)3-1-8-18-15/h1,3,8,11-12H,2,4-7,9-10,16H2,(H2,17,20)(H,18,19). The Morgan fingerprint density at radius 2 is 2.14 bits per heavy atom. The normalized spacial score (nSPS) is 22.0. The van der Waals surface area contributed by atoms with Crippen molar-refractivity contribution >= 4 is 11.7 Å². The van der Waals surface area contributed by atoms with Gasteiger partial charge in [0.25, 0.3) is 5.91 Å². The minimum atomic E-state index is -0.472. The lowest BCUT2D eigenvalue weighted by Gasteiger charge is -2.26. The van der Waals surface area contributed by atoms with Crippen LogP contribution in [0.3, 0.4) is 0 Å². The van der Waals surface area contributed by atoms with E-state index >= 15 is 0 Å². The number of primary amides is 1. The van der Waals surface area contributed by atoms with Crippen molar-refractivity contribution in [2.24, 2.45) is 11.5 Å². The second kappa shape index (κ2) is 7.95. The van der Waals surface area contributed by atoms with Crippen molar-refractivity contribution in [1.82, 2.24) is 4.98 Å². The van der Waals surface area contributed by atoms with E-state index in [0.29, 0.717) is 36.7 Å². The maximum absolute atomic E-state index is 11.3. The highest BCUT2D eigenvalue weighted by atomic mass is 16.5. The lowest BCUT2D eigenvalue weighted by molar-refractivity contribution is 0.0251. The van der Waals surface area contributed by atoms with Gasteiger partial charge in [-0.1, -0.05) is 0 Å². The van der Waals surface area contributed by atoms with Crippen molar-refractivity contribution in [3.8, 4) is 0 Å². The molecule has 21 heavy (non-hydrogen) atoms. The number of carbonyl (C=O) groups excluding carboxylic acids is 1. The van der Waals surface area contributed by atoms with E-state index in [-0.39, 0.29) is 0 Å². The number of aromatic nitrogens is 1. The quantitative estimate of drug-likeness (QED) is 0.657. The van der Waals surface area contributed by atoms with Gasteiger partial charge in [0.2, 0.25) is 0 Å². The van der Waals surface area contributed by atoms with Gasteiger partial charge in [0.15, 0.2) is 0 Å². The number of hydrogen-bond donors (Lipinski definition) is 3. The number of amides is 1.